The Kier molecular flexibility index (Phi) is 6.15. The highest BCUT2D eigenvalue weighted by atomic mass is 19.3. The van der Waals surface area contributed by atoms with E-state index in [4.69, 9.17) is 15.2 Å². The normalized spacial score (nSPS) is 22.0. The summed E-state index contributed by atoms with van der Waals surface area (Å²) in [6.45, 7) is -0.0253. The summed E-state index contributed by atoms with van der Waals surface area (Å²) < 4.78 is 39.8. The number of fused-ring (bicyclic) bond motifs is 1. The first-order chi connectivity index (χ1) is 19.1. The molecule has 2 saturated carbocycles. The number of primary amides is 1. The number of carbonyl (C=O) groups excluding carboxylic acids is 2. The molecule has 11 nitrogen and oxygen atoms in total. The molecule has 2 aliphatic rings. The molecule has 0 atom stereocenters. The molecule has 0 radical (unpaired) electrons. The molecule has 13 heteroatoms. The first-order valence-corrected chi connectivity index (χ1v) is 12.8. The van der Waals surface area contributed by atoms with Gasteiger partial charge in [0.25, 0.3) is 17.7 Å². The molecule has 2 aliphatic carbocycles. The van der Waals surface area contributed by atoms with E-state index in [1.54, 1.807) is 36.7 Å². The summed E-state index contributed by atoms with van der Waals surface area (Å²) in [7, 11) is 0. The SMILES string of the molecule is CC(F)(F)COc1ccc2c(C(=O)NC3CC4(C3)CC(Oc3ncccc3C(N)=O)C4)cnn2c1-c1cn[nH]c1. The number of aromatic amines is 1. The van der Waals surface area contributed by atoms with Crippen LogP contribution < -0.4 is 20.5 Å². The van der Waals surface area contributed by atoms with Gasteiger partial charge in [-0.15, -0.1) is 0 Å². The average Bonchev–Trinajstić information content (AvgIpc) is 3.54. The topological polar surface area (TPSA) is 150 Å². The predicted octanol–water partition coefficient (Wildman–Crippen LogP) is 3.37. The second-order valence-electron chi connectivity index (χ2n) is 10.7. The number of pyridine rings is 2. The van der Waals surface area contributed by atoms with Crippen LogP contribution in [-0.2, 0) is 0 Å². The predicted molar refractivity (Wildman–Crippen MR) is 138 cm³/mol. The van der Waals surface area contributed by atoms with Gasteiger partial charge in [0.2, 0.25) is 5.88 Å². The van der Waals surface area contributed by atoms with E-state index >= 15 is 0 Å². The molecule has 4 N–H and O–H groups in total. The zero-order valence-corrected chi connectivity index (χ0v) is 21.6. The number of alkyl halides is 2. The molecule has 4 heterocycles. The number of hydrogen-bond donors (Lipinski definition) is 3. The maximum Gasteiger partial charge on any atom is 0.278 e. The van der Waals surface area contributed by atoms with E-state index in [0.717, 1.165) is 32.6 Å². The summed E-state index contributed by atoms with van der Waals surface area (Å²) in [6.07, 6.45) is 9.31. The van der Waals surface area contributed by atoms with Gasteiger partial charge in [0, 0.05) is 30.9 Å². The number of nitrogens with one attached hydrogen (secondary N) is 2. The van der Waals surface area contributed by atoms with Gasteiger partial charge in [-0.2, -0.15) is 10.2 Å². The Morgan fingerprint density at radius 3 is 2.70 bits per heavy atom. The number of aromatic nitrogens is 5. The van der Waals surface area contributed by atoms with Crippen LogP contribution in [0.4, 0.5) is 8.78 Å². The summed E-state index contributed by atoms with van der Waals surface area (Å²) in [5.41, 5.74) is 7.61. The zero-order valence-electron chi connectivity index (χ0n) is 21.6. The summed E-state index contributed by atoms with van der Waals surface area (Å²) in [5, 5.41) is 14.1. The van der Waals surface area contributed by atoms with Gasteiger partial charge < -0.3 is 20.5 Å². The maximum atomic E-state index is 13.5. The molecule has 0 bridgehead atoms. The van der Waals surface area contributed by atoms with E-state index in [9.17, 15) is 18.4 Å². The number of nitrogens with two attached hydrogens (primary N) is 1. The monoisotopic (exact) mass is 551 g/mol. The van der Waals surface area contributed by atoms with Crippen LogP contribution in [0.15, 0.2) is 49.1 Å². The molecule has 2 fully saturated rings. The van der Waals surface area contributed by atoms with Crippen LogP contribution in [0.1, 0.15) is 53.3 Å². The van der Waals surface area contributed by atoms with Gasteiger partial charge in [-0.25, -0.2) is 18.3 Å². The lowest BCUT2D eigenvalue weighted by atomic mass is 9.53. The second-order valence-corrected chi connectivity index (χ2v) is 10.7. The van der Waals surface area contributed by atoms with Gasteiger partial charge in [0.1, 0.15) is 23.1 Å². The molecule has 1 spiro atoms. The molecule has 0 unspecified atom stereocenters. The van der Waals surface area contributed by atoms with Gasteiger partial charge in [0.15, 0.2) is 6.61 Å². The molecule has 40 heavy (non-hydrogen) atoms. The number of H-pyrrole nitrogens is 1. The third-order valence-electron chi connectivity index (χ3n) is 7.47. The van der Waals surface area contributed by atoms with Gasteiger partial charge in [-0.3, -0.25) is 14.7 Å². The van der Waals surface area contributed by atoms with Gasteiger partial charge in [-0.1, -0.05) is 0 Å². The number of amides is 2. The first kappa shape index (κ1) is 25.7. The number of hydrogen-bond acceptors (Lipinski definition) is 7. The molecular weight excluding hydrogens is 524 g/mol. The van der Waals surface area contributed by atoms with E-state index in [0.29, 0.717) is 22.3 Å². The Labute approximate surface area is 227 Å². The fourth-order valence-corrected chi connectivity index (χ4v) is 5.68. The fourth-order valence-electron chi connectivity index (χ4n) is 5.68. The standard InChI is InChI=1S/C27H27F2N7O4/c1-26(28,29)14-39-21-5-4-20-19(13-34-36(20)22(21)15-11-32-33-12-15)24(38)35-16-7-27(8-16)9-17(10-27)40-25-18(23(30)37)3-2-6-31-25/h2-6,11-13,16-17H,7-10,14H2,1H3,(H2,30,37)(H,32,33)(H,35,38). The highest BCUT2D eigenvalue weighted by molar-refractivity contribution is 6.01. The van der Waals surface area contributed by atoms with Crippen molar-refractivity contribution >= 4 is 17.3 Å². The molecule has 4 aromatic heterocycles. The minimum absolute atomic E-state index is 0.00201. The largest absolute Gasteiger partial charge is 0.485 e. The van der Waals surface area contributed by atoms with E-state index in [1.165, 1.54) is 16.9 Å². The smallest absolute Gasteiger partial charge is 0.278 e. The Hall–Kier alpha value is -4.55. The van der Waals surface area contributed by atoms with Crippen molar-refractivity contribution in [1.82, 2.24) is 30.1 Å². The van der Waals surface area contributed by atoms with Crippen molar-refractivity contribution in [3.05, 3.63) is 60.2 Å². The summed E-state index contributed by atoms with van der Waals surface area (Å²) in [6, 6.07) is 6.41. The number of ether oxygens (including phenoxy) is 2. The zero-order chi connectivity index (χ0) is 28.1. The molecule has 0 saturated heterocycles. The second kappa shape index (κ2) is 9.57. The van der Waals surface area contributed by atoms with Crippen LogP contribution in [0, 0.1) is 5.41 Å². The Bertz CT molecular complexity index is 1570. The fraction of sp³-hybridized carbons (Fsp3) is 0.370. The van der Waals surface area contributed by atoms with Crippen LogP contribution in [0.3, 0.4) is 0 Å². The molecule has 208 valence electrons. The van der Waals surface area contributed by atoms with Crippen LogP contribution in [0.25, 0.3) is 16.8 Å². The van der Waals surface area contributed by atoms with Crippen molar-refractivity contribution < 1.29 is 27.8 Å². The Morgan fingerprint density at radius 1 is 1.20 bits per heavy atom. The molecule has 2 amide bonds. The molecular formula is C27H27F2N7O4. The van der Waals surface area contributed by atoms with Crippen LogP contribution in [-0.4, -0.2) is 61.3 Å². The Morgan fingerprint density at radius 2 is 2.00 bits per heavy atom. The lowest BCUT2D eigenvalue weighted by Crippen LogP contribution is -2.58. The van der Waals surface area contributed by atoms with Crippen molar-refractivity contribution in [3.8, 4) is 22.9 Å². The van der Waals surface area contributed by atoms with E-state index in [2.05, 4.69) is 25.6 Å². The summed E-state index contributed by atoms with van der Waals surface area (Å²) in [5.74, 6) is -3.43. The molecule has 4 aromatic rings. The number of nitrogens with zero attached hydrogens (tertiary/aromatic N) is 4. The average molecular weight is 552 g/mol. The van der Waals surface area contributed by atoms with Gasteiger partial charge >= 0.3 is 0 Å². The van der Waals surface area contributed by atoms with Crippen molar-refractivity contribution in [2.45, 2.75) is 50.7 Å². The molecule has 0 aliphatic heterocycles. The summed E-state index contributed by atoms with van der Waals surface area (Å²) >= 11 is 0. The molecule has 0 aromatic carbocycles. The maximum absolute atomic E-state index is 13.5. The van der Waals surface area contributed by atoms with Crippen LogP contribution >= 0.6 is 0 Å². The van der Waals surface area contributed by atoms with Gasteiger partial charge in [0.05, 0.1) is 23.5 Å². The highest BCUT2D eigenvalue weighted by Crippen LogP contribution is 2.56. The van der Waals surface area contributed by atoms with Crippen molar-refractivity contribution in [1.29, 1.82) is 0 Å². The number of carbonyl (C=O) groups is 2. The quantitative estimate of drug-likeness (QED) is 0.289. The molecule has 6 rings (SSSR count). The number of halogens is 2. The van der Waals surface area contributed by atoms with Crippen LogP contribution in [0.2, 0.25) is 0 Å². The Balaban J connectivity index is 1.11. The van der Waals surface area contributed by atoms with E-state index in [-0.39, 0.29) is 40.7 Å². The van der Waals surface area contributed by atoms with E-state index in [1.807, 2.05) is 0 Å². The number of rotatable bonds is 9. The van der Waals surface area contributed by atoms with E-state index < -0.39 is 18.4 Å². The minimum atomic E-state index is -3.02. The third-order valence-corrected chi connectivity index (χ3v) is 7.47. The van der Waals surface area contributed by atoms with Crippen molar-refractivity contribution in [2.24, 2.45) is 11.1 Å². The van der Waals surface area contributed by atoms with Crippen molar-refractivity contribution in [2.75, 3.05) is 6.61 Å². The third kappa shape index (κ3) is 4.82. The lowest BCUT2D eigenvalue weighted by Gasteiger charge is -2.57. The highest BCUT2D eigenvalue weighted by Gasteiger charge is 2.54. The van der Waals surface area contributed by atoms with Crippen molar-refractivity contribution in [3.63, 3.8) is 0 Å². The lowest BCUT2D eigenvalue weighted by molar-refractivity contribution is -0.0848. The summed E-state index contributed by atoms with van der Waals surface area (Å²) in [4.78, 5) is 28.9. The minimum Gasteiger partial charge on any atom is -0.485 e. The van der Waals surface area contributed by atoms with Crippen LogP contribution in [0.5, 0.6) is 11.6 Å². The van der Waals surface area contributed by atoms with Gasteiger partial charge in [-0.05, 0) is 55.4 Å². The first-order valence-electron chi connectivity index (χ1n) is 12.8.